The first-order chi connectivity index (χ1) is 17.0. The van der Waals surface area contributed by atoms with Gasteiger partial charge >= 0.3 is 0 Å². The van der Waals surface area contributed by atoms with E-state index in [0.29, 0.717) is 43.5 Å². The predicted molar refractivity (Wildman–Crippen MR) is 140 cm³/mol. The molecule has 1 aromatic carbocycles. The Morgan fingerprint density at radius 2 is 1.81 bits per heavy atom. The number of carbonyl (C=O) groups is 1. The molecule has 0 atom stereocenters. The Morgan fingerprint density at radius 3 is 2.50 bits per heavy atom. The minimum Gasteiger partial charge on any atom is -0.339 e. The lowest BCUT2D eigenvalue weighted by Crippen LogP contribution is -2.61. The first kappa shape index (κ1) is 24.4. The van der Waals surface area contributed by atoms with Crippen LogP contribution in [0.25, 0.3) is 0 Å². The molecule has 36 heavy (non-hydrogen) atoms. The molecule has 0 bridgehead atoms. The lowest BCUT2D eigenvalue weighted by molar-refractivity contribution is 0.0506. The Bertz CT molecular complexity index is 1340. The molecule has 7 nitrogen and oxygen atoms in total. The fraction of sp³-hybridized carbons (Fsp3) is 0.407. The smallest absolute Gasteiger partial charge is 0.273 e. The Labute approximate surface area is 215 Å². The van der Waals surface area contributed by atoms with E-state index in [0.717, 1.165) is 17.1 Å². The summed E-state index contributed by atoms with van der Waals surface area (Å²) in [6.07, 6.45) is 1.76. The van der Waals surface area contributed by atoms with Gasteiger partial charge in [-0.2, -0.15) is 0 Å². The number of amides is 1. The van der Waals surface area contributed by atoms with Gasteiger partial charge in [0.05, 0.1) is 21.9 Å². The number of halogens is 2. The van der Waals surface area contributed by atoms with Crippen LogP contribution in [0, 0.1) is 12.7 Å². The molecule has 0 aliphatic carbocycles. The number of fused-ring (bicyclic) bond motifs is 1. The number of benzene rings is 1. The molecule has 3 aromatic rings. The van der Waals surface area contributed by atoms with Crippen molar-refractivity contribution in [1.29, 1.82) is 0 Å². The summed E-state index contributed by atoms with van der Waals surface area (Å²) in [4.78, 5) is 33.6. The van der Waals surface area contributed by atoms with Crippen molar-refractivity contribution >= 4 is 34.8 Å². The van der Waals surface area contributed by atoms with Gasteiger partial charge in [0.2, 0.25) is 5.95 Å². The zero-order valence-electron chi connectivity index (χ0n) is 21.2. The molecule has 1 amide bonds. The van der Waals surface area contributed by atoms with Crippen LogP contribution in [0.2, 0.25) is 5.02 Å². The van der Waals surface area contributed by atoms with Gasteiger partial charge in [-0.25, -0.2) is 19.3 Å². The average molecular weight is 509 g/mol. The van der Waals surface area contributed by atoms with Crippen LogP contribution >= 0.6 is 11.6 Å². The minimum absolute atomic E-state index is 0.0909. The van der Waals surface area contributed by atoms with Crippen LogP contribution in [0.4, 0.5) is 21.7 Å². The molecule has 0 spiro atoms. The van der Waals surface area contributed by atoms with Crippen LogP contribution in [0.15, 0.2) is 42.6 Å². The van der Waals surface area contributed by atoms with E-state index in [1.165, 1.54) is 6.07 Å². The number of nitrogens with zero attached hydrogens (tertiary/aromatic N) is 6. The van der Waals surface area contributed by atoms with E-state index >= 15 is 0 Å². The maximum atomic E-state index is 14.2. The van der Waals surface area contributed by atoms with Crippen LogP contribution in [-0.4, -0.2) is 57.5 Å². The third kappa shape index (κ3) is 4.28. The summed E-state index contributed by atoms with van der Waals surface area (Å²) in [6.45, 7) is 12.7. The summed E-state index contributed by atoms with van der Waals surface area (Å²) in [6, 6.07) is 10.4. The molecular weight excluding hydrogens is 479 g/mol. The summed E-state index contributed by atoms with van der Waals surface area (Å²) in [5.74, 6) is 0.128. The Kier molecular flexibility index (Phi) is 5.90. The zero-order valence-corrected chi connectivity index (χ0v) is 22.0. The van der Waals surface area contributed by atoms with E-state index in [-0.39, 0.29) is 16.3 Å². The van der Waals surface area contributed by atoms with Crippen LogP contribution < -0.4 is 9.80 Å². The van der Waals surface area contributed by atoms with Gasteiger partial charge in [-0.05, 0) is 57.2 Å². The number of aryl methyl sites for hydroxylation is 1. The van der Waals surface area contributed by atoms with Gasteiger partial charge in [0.1, 0.15) is 11.5 Å². The largest absolute Gasteiger partial charge is 0.339 e. The molecular formula is C27H30ClFN6O. The molecule has 1 saturated heterocycles. The van der Waals surface area contributed by atoms with E-state index < -0.39 is 11.4 Å². The van der Waals surface area contributed by atoms with E-state index in [2.05, 4.69) is 42.6 Å². The first-order valence-corrected chi connectivity index (χ1v) is 12.4. The topological polar surface area (TPSA) is 65.5 Å². The van der Waals surface area contributed by atoms with Crippen molar-refractivity contribution in [2.24, 2.45) is 0 Å². The van der Waals surface area contributed by atoms with Gasteiger partial charge in [0.25, 0.3) is 5.91 Å². The molecule has 0 N–H and O–H groups in total. The molecule has 4 heterocycles. The highest BCUT2D eigenvalue weighted by Crippen LogP contribution is 2.44. The zero-order chi connectivity index (χ0) is 25.8. The van der Waals surface area contributed by atoms with Crippen molar-refractivity contribution in [2.45, 2.75) is 45.6 Å². The van der Waals surface area contributed by atoms with Gasteiger partial charge in [0, 0.05) is 49.2 Å². The van der Waals surface area contributed by atoms with Crippen LogP contribution in [0.3, 0.4) is 0 Å². The number of aromatic nitrogens is 3. The molecule has 0 radical (unpaired) electrons. The lowest BCUT2D eigenvalue weighted by atomic mass is 9.91. The average Bonchev–Trinajstić information content (AvgIpc) is 3.10. The molecule has 2 aromatic heterocycles. The monoisotopic (exact) mass is 508 g/mol. The first-order valence-electron chi connectivity index (χ1n) is 12.1. The van der Waals surface area contributed by atoms with Crippen LogP contribution in [-0.2, 0) is 5.41 Å². The SMILES string of the molecule is Cc1ccnc(N2CCN(C(=O)c3ccc4c(n3)C(C)(C)CN4c3ccc(Cl)c(F)c3)C(C)(C)C2)n1. The Hall–Kier alpha value is -3.26. The molecule has 2 aliphatic heterocycles. The Balaban J connectivity index is 1.41. The molecule has 188 valence electrons. The maximum Gasteiger partial charge on any atom is 0.273 e. The van der Waals surface area contributed by atoms with Crippen molar-refractivity contribution in [3.8, 4) is 0 Å². The molecule has 0 unspecified atom stereocenters. The minimum atomic E-state index is -0.461. The molecule has 5 rings (SSSR count). The van der Waals surface area contributed by atoms with Crippen LogP contribution in [0.5, 0.6) is 0 Å². The number of hydrogen-bond acceptors (Lipinski definition) is 6. The second-order valence-electron chi connectivity index (χ2n) is 10.8. The third-order valence-corrected chi connectivity index (χ3v) is 7.31. The fourth-order valence-corrected chi connectivity index (χ4v) is 5.27. The number of anilines is 3. The molecule has 2 aliphatic rings. The van der Waals surface area contributed by atoms with Crippen molar-refractivity contribution < 1.29 is 9.18 Å². The summed E-state index contributed by atoms with van der Waals surface area (Å²) in [7, 11) is 0. The molecule has 9 heteroatoms. The van der Waals surface area contributed by atoms with Crippen molar-refractivity contribution in [3.05, 3.63) is 70.5 Å². The summed E-state index contributed by atoms with van der Waals surface area (Å²) >= 11 is 5.89. The highest BCUT2D eigenvalue weighted by atomic mass is 35.5. The lowest BCUT2D eigenvalue weighted by Gasteiger charge is -2.47. The quantitative estimate of drug-likeness (QED) is 0.488. The van der Waals surface area contributed by atoms with Crippen molar-refractivity contribution in [2.75, 3.05) is 36.0 Å². The Morgan fingerprint density at radius 1 is 1.03 bits per heavy atom. The predicted octanol–water partition coefficient (Wildman–Crippen LogP) is 5.14. The van der Waals surface area contributed by atoms with Crippen molar-refractivity contribution in [3.63, 3.8) is 0 Å². The van der Waals surface area contributed by atoms with Gasteiger partial charge in [-0.15, -0.1) is 0 Å². The van der Waals surface area contributed by atoms with Gasteiger partial charge in [-0.1, -0.05) is 25.4 Å². The highest BCUT2D eigenvalue weighted by Gasteiger charge is 2.41. The normalized spacial score (nSPS) is 18.4. The van der Waals surface area contributed by atoms with E-state index in [9.17, 15) is 9.18 Å². The number of pyridine rings is 1. The standard InChI is InChI=1S/C27H30ClFN6O/c1-17-10-11-30-25(31-17)33-12-13-35(27(4,5)16-33)24(36)21-8-9-22-23(32-21)26(2,3)15-34(22)18-6-7-19(28)20(29)14-18/h6-11,14H,12-13,15-16H2,1-5H3. The van der Waals surface area contributed by atoms with E-state index in [1.807, 2.05) is 28.9 Å². The number of piperazine rings is 1. The van der Waals surface area contributed by atoms with E-state index in [1.54, 1.807) is 24.4 Å². The van der Waals surface area contributed by atoms with Crippen molar-refractivity contribution in [1.82, 2.24) is 19.9 Å². The second kappa shape index (κ2) is 8.69. The summed E-state index contributed by atoms with van der Waals surface area (Å²) < 4.78 is 14.2. The van der Waals surface area contributed by atoms with Gasteiger partial charge < -0.3 is 14.7 Å². The second-order valence-corrected chi connectivity index (χ2v) is 11.2. The maximum absolute atomic E-state index is 14.2. The highest BCUT2D eigenvalue weighted by molar-refractivity contribution is 6.30. The fourth-order valence-electron chi connectivity index (χ4n) is 5.15. The van der Waals surface area contributed by atoms with E-state index in [4.69, 9.17) is 16.6 Å². The summed E-state index contributed by atoms with van der Waals surface area (Å²) in [5, 5.41) is 0.0909. The third-order valence-electron chi connectivity index (χ3n) is 7.01. The van der Waals surface area contributed by atoms with Crippen LogP contribution in [0.1, 0.15) is 49.6 Å². The van der Waals surface area contributed by atoms with Gasteiger partial charge in [-0.3, -0.25) is 4.79 Å². The molecule has 1 fully saturated rings. The van der Waals surface area contributed by atoms with Gasteiger partial charge in [0.15, 0.2) is 0 Å². The number of hydrogen-bond donors (Lipinski definition) is 0. The number of carbonyl (C=O) groups excluding carboxylic acids is 1. The molecule has 0 saturated carbocycles. The summed E-state index contributed by atoms with van der Waals surface area (Å²) in [5.41, 5.74) is 2.98. The number of rotatable bonds is 3.